The van der Waals surface area contributed by atoms with Gasteiger partial charge in [-0.3, -0.25) is 0 Å². The van der Waals surface area contributed by atoms with Gasteiger partial charge < -0.3 is 5.32 Å². The lowest BCUT2D eigenvalue weighted by molar-refractivity contribution is 0.449. The van der Waals surface area contributed by atoms with Gasteiger partial charge in [0.2, 0.25) is 0 Å². The predicted molar refractivity (Wildman–Crippen MR) is 81.3 cm³/mol. The molecule has 1 aromatic heterocycles. The number of benzene rings is 1. The summed E-state index contributed by atoms with van der Waals surface area (Å²) in [5, 5.41) is 7.80. The average Bonchev–Trinajstić information content (AvgIpc) is 2.83. The van der Waals surface area contributed by atoms with Crippen molar-refractivity contribution in [3.05, 3.63) is 47.5 Å². The van der Waals surface area contributed by atoms with Crippen molar-refractivity contribution < 1.29 is 0 Å². The summed E-state index contributed by atoms with van der Waals surface area (Å²) in [6, 6.07) is 8.95. The van der Waals surface area contributed by atoms with Crippen LogP contribution in [0.2, 0.25) is 0 Å². The van der Waals surface area contributed by atoms with Crippen molar-refractivity contribution in [3.8, 4) is 0 Å². The van der Waals surface area contributed by atoms with Crippen LogP contribution in [-0.2, 0) is 13.1 Å². The predicted octanol–water partition coefficient (Wildman–Crippen LogP) is 3.09. The molecule has 0 bridgehead atoms. The molecule has 1 heterocycles. The summed E-state index contributed by atoms with van der Waals surface area (Å²) in [5.41, 5.74) is 2.59. The summed E-state index contributed by atoms with van der Waals surface area (Å²) in [5.74, 6) is 1.57. The molecule has 0 aliphatic rings. The Morgan fingerprint density at radius 2 is 1.85 bits per heavy atom. The second-order valence-electron chi connectivity index (χ2n) is 5.77. The molecule has 0 saturated carbocycles. The van der Waals surface area contributed by atoms with Crippen molar-refractivity contribution in [2.45, 2.75) is 46.8 Å². The lowest BCUT2D eigenvalue weighted by Crippen LogP contribution is -2.22. The fourth-order valence-corrected chi connectivity index (χ4v) is 2.14. The van der Waals surface area contributed by atoms with E-state index in [1.807, 2.05) is 4.68 Å². The minimum atomic E-state index is 0.305. The van der Waals surface area contributed by atoms with Crippen LogP contribution in [0.15, 0.2) is 30.6 Å². The second-order valence-corrected chi connectivity index (χ2v) is 5.77. The van der Waals surface area contributed by atoms with E-state index in [1.54, 1.807) is 6.33 Å². The van der Waals surface area contributed by atoms with Crippen molar-refractivity contribution in [2.75, 3.05) is 0 Å². The highest BCUT2D eigenvalue weighted by Crippen LogP contribution is 2.13. The Bertz CT molecular complexity index is 528. The van der Waals surface area contributed by atoms with Gasteiger partial charge in [0.05, 0.1) is 6.54 Å². The summed E-state index contributed by atoms with van der Waals surface area (Å²) in [4.78, 5) is 4.34. The van der Waals surface area contributed by atoms with Crippen LogP contribution in [0, 0.1) is 12.8 Å². The third-order valence-electron chi connectivity index (χ3n) is 3.38. The number of rotatable bonds is 6. The largest absolute Gasteiger partial charge is 0.303 e. The van der Waals surface area contributed by atoms with Crippen molar-refractivity contribution in [1.82, 2.24) is 20.1 Å². The quantitative estimate of drug-likeness (QED) is 0.878. The van der Waals surface area contributed by atoms with Gasteiger partial charge in [-0.25, -0.2) is 9.67 Å². The minimum absolute atomic E-state index is 0.305. The molecule has 0 fully saturated rings. The number of nitrogens with one attached hydrogen (secondary N) is 1. The van der Waals surface area contributed by atoms with Gasteiger partial charge in [0.25, 0.3) is 0 Å². The van der Waals surface area contributed by atoms with Gasteiger partial charge in [-0.05, 0) is 25.3 Å². The average molecular weight is 272 g/mol. The first-order valence-corrected chi connectivity index (χ1v) is 7.23. The zero-order chi connectivity index (χ0) is 14.5. The maximum Gasteiger partial charge on any atom is 0.140 e. The van der Waals surface area contributed by atoms with E-state index in [0.29, 0.717) is 12.0 Å². The molecule has 1 N–H and O–H groups in total. The van der Waals surface area contributed by atoms with Crippen LogP contribution in [-0.4, -0.2) is 14.8 Å². The molecule has 0 amide bonds. The number of hydrogen-bond acceptors (Lipinski definition) is 3. The fraction of sp³-hybridized carbons (Fsp3) is 0.500. The van der Waals surface area contributed by atoms with E-state index in [-0.39, 0.29) is 0 Å². The Morgan fingerprint density at radius 1 is 1.15 bits per heavy atom. The van der Waals surface area contributed by atoms with E-state index >= 15 is 0 Å². The smallest absolute Gasteiger partial charge is 0.140 e. The minimum Gasteiger partial charge on any atom is -0.303 e. The van der Waals surface area contributed by atoms with Gasteiger partial charge in [-0.15, -0.1) is 0 Å². The molecule has 4 heteroatoms. The molecule has 1 aromatic carbocycles. The topological polar surface area (TPSA) is 42.7 Å². The number of aryl methyl sites for hydroxylation is 1. The third-order valence-corrected chi connectivity index (χ3v) is 3.38. The van der Waals surface area contributed by atoms with Crippen LogP contribution in [0.3, 0.4) is 0 Å². The SMILES string of the molecule is Cc1ccc(C(C)NCc2ncnn2CC(C)C)cc1. The fourth-order valence-electron chi connectivity index (χ4n) is 2.14. The van der Waals surface area contributed by atoms with E-state index in [2.05, 4.69) is 67.4 Å². The summed E-state index contributed by atoms with van der Waals surface area (Å²) in [6.07, 6.45) is 1.63. The van der Waals surface area contributed by atoms with Crippen LogP contribution >= 0.6 is 0 Å². The first-order valence-electron chi connectivity index (χ1n) is 7.23. The van der Waals surface area contributed by atoms with Gasteiger partial charge in [-0.2, -0.15) is 5.10 Å². The molecule has 0 saturated heterocycles. The normalized spacial score (nSPS) is 12.8. The first-order chi connectivity index (χ1) is 9.56. The van der Waals surface area contributed by atoms with Gasteiger partial charge in [-0.1, -0.05) is 43.7 Å². The van der Waals surface area contributed by atoms with E-state index in [9.17, 15) is 0 Å². The molecule has 0 radical (unpaired) electrons. The van der Waals surface area contributed by atoms with Gasteiger partial charge >= 0.3 is 0 Å². The molecule has 0 spiro atoms. The van der Waals surface area contributed by atoms with Crippen LogP contribution in [0.25, 0.3) is 0 Å². The lowest BCUT2D eigenvalue weighted by atomic mass is 10.1. The number of nitrogens with zero attached hydrogens (tertiary/aromatic N) is 3. The molecule has 1 unspecified atom stereocenters. The molecule has 4 nitrogen and oxygen atoms in total. The molecule has 0 aliphatic heterocycles. The standard InChI is InChI=1S/C16H24N4/c1-12(2)10-20-16(18-11-19-20)9-17-14(4)15-7-5-13(3)6-8-15/h5-8,11-12,14,17H,9-10H2,1-4H3. The summed E-state index contributed by atoms with van der Waals surface area (Å²) in [6.45, 7) is 10.3. The Balaban J connectivity index is 1.95. The van der Waals surface area contributed by atoms with E-state index < -0.39 is 0 Å². The summed E-state index contributed by atoms with van der Waals surface area (Å²) in [7, 11) is 0. The highest BCUT2D eigenvalue weighted by atomic mass is 15.3. The molecule has 20 heavy (non-hydrogen) atoms. The van der Waals surface area contributed by atoms with E-state index in [0.717, 1.165) is 18.9 Å². The highest BCUT2D eigenvalue weighted by molar-refractivity contribution is 5.23. The second kappa shape index (κ2) is 6.66. The highest BCUT2D eigenvalue weighted by Gasteiger charge is 2.09. The van der Waals surface area contributed by atoms with Crippen LogP contribution in [0.1, 0.15) is 43.8 Å². The molecule has 2 rings (SSSR count). The third kappa shape index (κ3) is 3.90. The van der Waals surface area contributed by atoms with Crippen molar-refractivity contribution in [2.24, 2.45) is 5.92 Å². The van der Waals surface area contributed by atoms with Crippen LogP contribution in [0.4, 0.5) is 0 Å². The molecule has 108 valence electrons. The lowest BCUT2D eigenvalue weighted by Gasteiger charge is -2.15. The number of aromatic nitrogens is 3. The van der Waals surface area contributed by atoms with E-state index in [1.165, 1.54) is 11.1 Å². The maximum atomic E-state index is 4.34. The van der Waals surface area contributed by atoms with Crippen molar-refractivity contribution in [3.63, 3.8) is 0 Å². The Labute approximate surface area is 121 Å². The Hall–Kier alpha value is -1.68. The van der Waals surface area contributed by atoms with Crippen molar-refractivity contribution >= 4 is 0 Å². The maximum absolute atomic E-state index is 4.34. The monoisotopic (exact) mass is 272 g/mol. The zero-order valence-electron chi connectivity index (χ0n) is 12.8. The van der Waals surface area contributed by atoms with Crippen molar-refractivity contribution in [1.29, 1.82) is 0 Å². The van der Waals surface area contributed by atoms with Crippen LogP contribution < -0.4 is 5.32 Å². The summed E-state index contributed by atoms with van der Waals surface area (Å²) < 4.78 is 1.99. The van der Waals surface area contributed by atoms with Gasteiger partial charge in [0.15, 0.2) is 0 Å². The Morgan fingerprint density at radius 3 is 2.50 bits per heavy atom. The van der Waals surface area contributed by atoms with Gasteiger partial charge in [0.1, 0.15) is 12.2 Å². The Kier molecular flexibility index (Phi) is 4.90. The molecule has 2 aromatic rings. The first kappa shape index (κ1) is 14.7. The van der Waals surface area contributed by atoms with Crippen LogP contribution in [0.5, 0.6) is 0 Å². The zero-order valence-corrected chi connectivity index (χ0v) is 12.8. The van der Waals surface area contributed by atoms with E-state index in [4.69, 9.17) is 0 Å². The molecule has 0 aliphatic carbocycles. The van der Waals surface area contributed by atoms with Gasteiger partial charge in [0, 0.05) is 12.6 Å². The molecular formula is C16H24N4. The molecule has 1 atom stereocenters. The number of hydrogen-bond donors (Lipinski definition) is 1. The summed E-state index contributed by atoms with van der Waals surface area (Å²) >= 11 is 0. The molecular weight excluding hydrogens is 248 g/mol.